The first-order valence-corrected chi connectivity index (χ1v) is 6.27. The smallest absolute Gasteiger partial charge is 0.335 e. The molecule has 4 heteroatoms. The molecule has 2 aromatic carbocycles. The van der Waals surface area contributed by atoms with E-state index in [-0.39, 0.29) is 11.4 Å². The summed E-state index contributed by atoms with van der Waals surface area (Å²) in [6, 6.07) is 11.6. The van der Waals surface area contributed by atoms with Crippen LogP contribution < -0.4 is 4.90 Å². The molecular weight excluding hydrogens is 257 g/mol. The van der Waals surface area contributed by atoms with Gasteiger partial charge < -0.3 is 10.0 Å². The molecule has 0 atom stereocenters. The van der Waals surface area contributed by atoms with E-state index in [9.17, 15) is 9.18 Å². The molecule has 0 aliphatic heterocycles. The predicted molar refractivity (Wildman–Crippen MR) is 76.6 cm³/mol. The minimum atomic E-state index is -0.948. The maximum atomic E-state index is 13.6. The lowest BCUT2D eigenvalue weighted by atomic mass is 10.1. The third-order valence-electron chi connectivity index (χ3n) is 3.22. The molecule has 0 unspecified atom stereocenters. The van der Waals surface area contributed by atoms with Crippen molar-refractivity contribution in [2.75, 3.05) is 11.9 Å². The van der Waals surface area contributed by atoms with Crippen molar-refractivity contribution in [1.29, 1.82) is 0 Å². The number of hydrogen-bond acceptors (Lipinski definition) is 2. The highest BCUT2D eigenvalue weighted by Crippen LogP contribution is 2.22. The van der Waals surface area contributed by atoms with E-state index in [0.717, 1.165) is 11.3 Å². The van der Waals surface area contributed by atoms with Crippen LogP contribution in [0.25, 0.3) is 0 Å². The summed E-state index contributed by atoms with van der Waals surface area (Å²) in [4.78, 5) is 12.8. The summed E-state index contributed by atoms with van der Waals surface area (Å²) in [6.07, 6.45) is 0. The summed E-state index contributed by atoms with van der Waals surface area (Å²) in [7, 11) is 1.86. The molecule has 0 saturated heterocycles. The molecule has 0 amide bonds. The van der Waals surface area contributed by atoms with E-state index in [1.165, 1.54) is 6.07 Å². The highest BCUT2D eigenvalue weighted by atomic mass is 19.1. The van der Waals surface area contributed by atoms with Gasteiger partial charge in [-0.15, -0.1) is 0 Å². The molecule has 3 nitrogen and oxygen atoms in total. The molecule has 0 radical (unpaired) electrons. The Kier molecular flexibility index (Phi) is 4.03. The molecule has 0 spiro atoms. The van der Waals surface area contributed by atoms with Crippen molar-refractivity contribution in [3.63, 3.8) is 0 Å². The first-order valence-electron chi connectivity index (χ1n) is 6.27. The summed E-state index contributed by atoms with van der Waals surface area (Å²) >= 11 is 0. The van der Waals surface area contributed by atoms with Crippen LogP contribution in [0.4, 0.5) is 10.1 Å². The molecule has 0 aliphatic carbocycles. The van der Waals surface area contributed by atoms with Crippen LogP contribution in [0.5, 0.6) is 0 Å². The molecule has 0 saturated carbocycles. The lowest BCUT2D eigenvalue weighted by molar-refractivity contribution is 0.0697. The van der Waals surface area contributed by atoms with Crippen LogP contribution >= 0.6 is 0 Å². The summed E-state index contributed by atoms with van der Waals surface area (Å²) in [5, 5.41) is 8.95. The largest absolute Gasteiger partial charge is 0.478 e. The third-order valence-corrected chi connectivity index (χ3v) is 3.22. The quantitative estimate of drug-likeness (QED) is 0.927. The number of aromatic carboxylic acids is 1. The van der Waals surface area contributed by atoms with Crippen molar-refractivity contribution in [2.24, 2.45) is 0 Å². The third kappa shape index (κ3) is 2.96. The summed E-state index contributed by atoms with van der Waals surface area (Å²) in [6.45, 7) is 2.28. The van der Waals surface area contributed by atoms with Gasteiger partial charge in [-0.3, -0.25) is 0 Å². The van der Waals surface area contributed by atoms with Gasteiger partial charge in [0, 0.05) is 24.8 Å². The Bertz CT molecular complexity index is 640. The molecule has 0 bridgehead atoms. The van der Waals surface area contributed by atoms with Crippen LogP contribution in [0.1, 0.15) is 21.5 Å². The van der Waals surface area contributed by atoms with Gasteiger partial charge in [-0.25, -0.2) is 9.18 Å². The first kappa shape index (κ1) is 14.1. The van der Waals surface area contributed by atoms with Gasteiger partial charge in [-0.2, -0.15) is 0 Å². The molecule has 0 aromatic heterocycles. The van der Waals surface area contributed by atoms with Crippen molar-refractivity contribution in [3.05, 3.63) is 65.0 Å². The standard InChI is InChI=1S/C16H16FNO2/c1-11-9-12(16(19)20)7-8-15(11)18(2)10-13-5-3-4-6-14(13)17/h3-9H,10H2,1-2H3,(H,19,20). The Balaban J connectivity index is 2.23. The molecule has 0 heterocycles. The van der Waals surface area contributed by atoms with Crippen molar-refractivity contribution >= 4 is 11.7 Å². The van der Waals surface area contributed by atoms with Crippen molar-refractivity contribution in [1.82, 2.24) is 0 Å². The highest BCUT2D eigenvalue weighted by molar-refractivity contribution is 5.88. The zero-order chi connectivity index (χ0) is 14.7. The van der Waals surface area contributed by atoms with E-state index < -0.39 is 5.97 Å². The van der Waals surface area contributed by atoms with E-state index in [2.05, 4.69) is 0 Å². The fourth-order valence-electron chi connectivity index (χ4n) is 2.18. The van der Waals surface area contributed by atoms with E-state index >= 15 is 0 Å². The Labute approximate surface area is 117 Å². The second kappa shape index (κ2) is 5.74. The van der Waals surface area contributed by atoms with Crippen molar-refractivity contribution in [2.45, 2.75) is 13.5 Å². The number of carboxylic acid groups (broad SMARTS) is 1. The normalized spacial score (nSPS) is 10.3. The minimum Gasteiger partial charge on any atom is -0.478 e. The maximum absolute atomic E-state index is 13.6. The van der Waals surface area contributed by atoms with Gasteiger partial charge in [0.15, 0.2) is 0 Å². The monoisotopic (exact) mass is 273 g/mol. The summed E-state index contributed by atoms with van der Waals surface area (Å²) in [5.41, 5.74) is 2.60. The number of benzene rings is 2. The van der Waals surface area contributed by atoms with Gasteiger partial charge in [0.05, 0.1) is 5.56 Å². The van der Waals surface area contributed by atoms with Crippen LogP contribution in [0.3, 0.4) is 0 Å². The van der Waals surface area contributed by atoms with Gasteiger partial charge in [0.1, 0.15) is 5.82 Å². The zero-order valence-electron chi connectivity index (χ0n) is 11.4. The van der Waals surface area contributed by atoms with Crippen molar-refractivity contribution in [3.8, 4) is 0 Å². The lowest BCUT2D eigenvalue weighted by Gasteiger charge is -2.22. The molecule has 2 rings (SSSR count). The lowest BCUT2D eigenvalue weighted by Crippen LogP contribution is -2.18. The van der Waals surface area contributed by atoms with E-state index in [0.29, 0.717) is 12.1 Å². The first-order chi connectivity index (χ1) is 9.49. The van der Waals surface area contributed by atoms with Gasteiger partial charge in [-0.1, -0.05) is 18.2 Å². The van der Waals surface area contributed by atoms with Gasteiger partial charge in [0.2, 0.25) is 0 Å². The number of halogens is 1. The van der Waals surface area contributed by atoms with Crippen LogP contribution in [-0.2, 0) is 6.54 Å². The Hall–Kier alpha value is -2.36. The number of rotatable bonds is 4. The van der Waals surface area contributed by atoms with Gasteiger partial charge in [0.25, 0.3) is 0 Å². The second-order valence-corrected chi connectivity index (χ2v) is 4.75. The molecule has 0 aliphatic rings. The van der Waals surface area contributed by atoms with Crippen LogP contribution in [0, 0.1) is 12.7 Å². The molecule has 20 heavy (non-hydrogen) atoms. The molecular formula is C16H16FNO2. The number of aryl methyl sites for hydroxylation is 1. The zero-order valence-corrected chi connectivity index (χ0v) is 11.4. The van der Waals surface area contributed by atoms with E-state index in [1.54, 1.807) is 36.4 Å². The Morgan fingerprint density at radius 3 is 2.55 bits per heavy atom. The number of carbonyl (C=O) groups is 1. The highest BCUT2D eigenvalue weighted by Gasteiger charge is 2.10. The average Bonchev–Trinajstić information content (AvgIpc) is 2.41. The van der Waals surface area contributed by atoms with E-state index in [4.69, 9.17) is 5.11 Å². The van der Waals surface area contributed by atoms with E-state index in [1.807, 2.05) is 18.9 Å². The van der Waals surface area contributed by atoms with Gasteiger partial charge in [-0.05, 0) is 36.8 Å². The SMILES string of the molecule is Cc1cc(C(=O)O)ccc1N(C)Cc1ccccc1F. The molecule has 0 fully saturated rings. The number of carboxylic acids is 1. The summed E-state index contributed by atoms with van der Waals surface area (Å²) in [5.74, 6) is -1.18. The fourth-order valence-corrected chi connectivity index (χ4v) is 2.18. The Morgan fingerprint density at radius 2 is 1.95 bits per heavy atom. The molecule has 1 N–H and O–H groups in total. The minimum absolute atomic E-state index is 0.237. The van der Waals surface area contributed by atoms with Crippen molar-refractivity contribution < 1.29 is 14.3 Å². The predicted octanol–water partition coefficient (Wildman–Crippen LogP) is 3.47. The summed E-state index contributed by atoms with van der Waals surface area (Å²) < 4.78 is 13.6. The molecule has 104 valence electrons. The number of anilines is 1. The van der Waals surface area contributed by atoms with Gasteiger partial charge >= 0.3 is 5.97 Å². The number of nitrogens with zero attached hydrogens (tertiary/aromatic N) is 1. The number of hydrogen-bond donors (Lipinski definition) is 1. The maximum Gasteiger partial charge on any atom is 0.335 e. The fraction of sp³-hybridized carbons (Fsp3) is 0.188. The second-order valence-electron chi connectivity index (χ2n) is 4.75. The average molecular weight is 273 g/mol. The molecule has 2 aromatic rings. The van der Waals surface area contributed by atoms with Crippen LogP contribution in [-0.4, -0.2) is 18.1 Å². The van der Waals surface area contributed by atoms with Crippen LogP contribution in [0.2, 0.25) is 0 Å². The Morgan fingerprint density at radius 1 is 1.25 bits per heavy atom. The topological polar surface area (TPSA) is 40.5 Å². The van der Waals surface area contributed by atoms with Crippen LogP contribution in [0.15, 0.2) is 42.5 Å².